The van der Waals surface area contributed by atoms with Gasteiger partial charge in [0.25, 0.3) is 5.56 Å². The van der Waals surface area contributed by atoms with Crippen molar-refractivity contribution in [3.8, 4) is 16.3 Å². The highest BCUT2D eigenvalue weighted by Crippen LogP contribution is 2.25. The van der Waals surface area contributed by atoms with Gasteiger partial charge in [-0.3, -0.25) is 9.59 Å². The highest BCUT2D eigenvalue weighted by atomic mass is 32.2. The van der Waals surface area contributed by atoms with Crippen LogP contribution in [-0.2, 0) is 4.79 Å². The fourth-order valence-electron chi connectivity index (χ4n) is 2.56. The number of benzene rings is 1. The molecule has 4 rings (SSSR count). The molecule has 142 valence electrons. The number of methoxy groups -OCH3 is 1. The molecule has 3 heterocycles. The fourth-order valence-corrected chi connectivity index (χ4v) is 3.94. The van der Waals surface area contributed by atoms with E-state index in [2.05, 4.69) is 20.6 Å². The zero-order chi connectivity index (χ0) is 19.5. The Morgan fingerprint density at radius 1 is 1.32 bits per heavy atom. The summed E-state index contributed by atoms with van der Waals surface area (Å²) in [5, 5.41) is 16.2. The SMILES string of the molecule is COc1cccc(NC(=O)CSc2n[nH]c(=O)c3cc(-c4cccs4)nn23)c1. The first-order valence-electron chi connectivity index (χ1n) is 8.23. The van der Waals surface area contributed by atoms with E-state index in [-0.39, 0.29) is 17.2 Å². The summed E-state index contributed by atoms with van der Waals surface area (Å²) >= 11 is 2.72. The first kappa shape index (κ1) is 18.3. The summed E-state index contributed by atoms with van der Waals surface area (Å²) in [5.41, 5.74) is 1.38. The number of carbonyl (C=O) groups is 1. The van der Waals surface area contributed by atoms with Gasteiger partial charge in [0.2, 0.25) is 11.1 Å². The summed E-state index contributed by atoms with van der Waals surface area (Å²) < 4.78 is 6.62. The molecule has 2 N–H and O–H groups in total. The predicted octanol–water partition coefficient (Wildman–Crippen LogP) is 2.89. The smallest absolute Gasteiger partial charge is 0.290 e. The lowest BCUT2D eigenvalue weighted by Gasteiger charge is -2.07. The predicted molar refractivity (Wildman–Crippen MR) is 109 cm³/mol. The first-order chi connectivity index (χ1) is 13.6. The summed E-state index contributed by atoms with van der Waals surface area (Å²) in [6, 6.07) is 12.7. The monoisotopic (exact) mass is 413 g/mol. The lowest BCUT2D eigenvalue weighted by atomic mass is 10.3. The van der Waals surface area contributed by atoms with Gasteiger partial charge in [-0.05, 0) is 29.6 Å². The highest BCUT2D eigenvalue weighted by Gasteiger charge is 2.14. The normalized spacial score (nSPS) is 10.9. The molecular formula is C18H15N5O3S2. The number of hydrogen-bond donors (Lipinski definition) is 2. The van der Waals surface area contributed by atoms with Crippen molar-refractivity contribution in [3.05, 3.63) is 58.2 Å². The van der Waals surface area contributed by atoms with Gasteiger partial charge in [0.05, 0.1) is 17.7 Å². The van der Waals surface area contributed by atoms with Crippen molar-refractivity contribution in [2.24, 2.45) is 0 Å². The molecule has 0 aliphatic rings. The molecule has 0 saturated heterocycles. The van der Waals surface area contributed by atoms with Gasteiger partial charge in [0.15, 0.2) is 0 Å². The summed E-state index contributed by atoms with van der Waals surface area (Å²) in [4.78, 5) is 25.3. The van der Waals surface area contributed by atoms with Crippen molar-refractivity contribution in [3.63, 3.8) is 0 Å². The number of aromatic nitrogens is 4. The lowest BCUT2D eigenvalue weighted by molar-refractivity contribution is -0.113. The number of ether oxygens (including phenoxy) is 1. The Morgan fingerprint density at radius 2 is 2.21 bits per heavy atom. The number of carbonyl (C=O) groups excluding carboxylic acids is 1. The van der Waals surface area contributed by atoms with Crippen LogP contribution >= 0.6 is 23.1 Å². The lowest BCUT2D eigenvalue weighted by Crippen LogP contribution is -2.17. The molecule has 8 nitrogen and oxygen atoms in total. The van der Waals surface area contributed by atoms with Gasteiger partial charge in [0, 0.05) is 11.8 Å². The molecule has 0 bridgehead atoms. The minimum Gasteiger partial charge on any atom is -0.497 e. The molecule has 28 heavy (non-hydrogen) atoms. The number of hydrogen-bond acceptors (Lipinski definition) is 7. The topological polar surface area (TPSA) is 101 Å². The standard InChI is InChI=1S/C18H15N5O3S2/c1-26-12-5-2-4-11(8-12)19-16(24)10-28-18-21-20-17(25)14-9-13(22-23(14)18)15-6-3-7-27-15/h2-9H,10H2,1H3,(H,19,24)(H,20,25). The van der Waals surface area contributed by atoms with E-state index in [1.54, 1.807) is 37.4 Å². The molecule has 1 amide bonds. The van der Waals surface area contributed by atoms with Gasteiger partial charge < -0.3 is 10.1 Å². The van der Waals surface area contributed by atoms with Crippen LogP contribution in [0.25, 0.3) is 16.1 Å². The van der Waals surface area contributed by atoms with E-state index >= 15 is 0 Å². The van der Waals surface area contributed by atoms with E-state index in [0.29, 0.717) is 27.8 Å². The molecule has 0 aliphatic heterocycles. The molecule has 0 atom stereocenters. The van der Waals surface area contributed by atoms with E-state index in [4.69, 9.17) is 4.74 Å². The number of thiophene rings is 1. The maximum Gasteiger partial charge on any atom is 0.290 e. The van der Waals surface area contributed by atoms with Gasteiger partial charge >= 0.3 is 0 Å². The maximum atomic E-state index is 12.3. The Hall–Kier alpha value is -3.11. The summed E-state index contributed by atoms with van der Waals surface area (Å²) in [6.45, 7) is 0. The van der Waals surface area contributed by atoms with Crippen molar-refractivity contribution in [2.75, 3.05) is 18.2 Å². The molecule has 0 aliphatic carbocycles. The van der Waals surface area contributed by atoms with Gasteiger partial charge in [-0.15, -0.1) is 16.4 Å². The minimum atomic E-state index is -0.333. The maximum absolute atomic E-state index is 12.3. The first-order valence-corrected chi connectivity index (χ1v) is 10.1. The van der Waals surface area contributed by atoms with Crippen LogP contribution in [-0.4, -0.2) is 38.6 Å². The Balaban J connectivity index is 1.52. The number of amides is 1. The van der Waals surface area contributed by atoms with Crippen molar-refractivity contribution < 1.29 is 9.53 Å². The Bertz CT molecular complexity index is 1180. The number of fused-ring (bicyclic) bond motifs is 1. The average Bonchev–Trinajstić information content (AvgIpc) is 3.38. The molecule has 0 spiro atoms. The second-order valence-electron chi connectivity index (χ2n) is 5.71. The van der Waals surface area contributed by atoms with E-state index in [1.165, 1.54) is 27.6 Å². The number of anilines is 1. The second-order valence-corrected chi connectivity index (χ2v) is 7.60. The molecule has 0 unspecified atom stereocenters. The van der Waals surface area contributed by atoms with E-state index in [0.717, 1.165) is 4.88 Å². The molecule has 0 fully saturated rings. The van der Waals surface area contributed by atoms with Crippen LogP contribution in [0.3, 0.4) is 0 Å². The molecular weight excluding hydrogens is 398 g/mol. The van der Waals surface area contributed by atoms with Gasteiger partial charge in [-0.2, -0.15) is 5.10 Å². The number of thioether (sulfide) groups is 1. The van der Waals surface area contributed by atoms with Crippen LogP contribution in [0, 0.1) is 0 Å². The molecule has 1 aromatic carbocycles. The van der Waals surface area contributed by atoms with Gasteiger partial charge in [0.1, 0.15) is 17.0 Å². The Kier molecular flexibility index (Phi) is 5.13. The molecule has 4 aromatic rings. The Labute approximate surface area is 167 Å². The van der Waals surface area contributed by atoms with E-state index in [1.807, 2.05) is 17.5 Å². The average molecular weight is 413 g/mol. The van der Waals surface area contributed by atoms with Crippen molar-refractivity contribution in [1.82, 2.24) is 19.8 Å². The largest absolute Gasteiger partial charge is 0.497 e. The minimum absolute atomic E-state index is 0.111. The third-order valence-corrected chi connectivity index (χ3v) is 5.66. The van der Waals surface area contributed by atoms with E-state index in [9.17, 15) is 9.59 Å². The van der Waals surface area contributed by atoms with Crippen LogP contribution < -0.4 is 15.6 Å². The molecule has 3 aromatic heterocycles. The number of nitrogens with zero attached hydrogens (tertiary/aromatic N) is 3. The van der Waals surface area contributed by atoms with Crippen LogP contribution in [0.5, 0.6) is 5.75 Å². The Morgan fingerprint density at radius 3 is 3.00 bits per heavy atom. The van der Waals surface area contributed by atoms with Crippen LogP contribution in [0.1, 0.15) is 0 Å². The summed E-state index contributed by atoms with van der Waals surface area (Å²) in [5.74, 6) is 0.566. The highest BCUT2D eigenvalue weighted by molar-refractivity contribution is 7.99. The van der Waals surface area contributed by atoms with E-state index < -0.39 is 0 Å². The number of nitrogens with one attached hydrogen (secondary N) is 2. The van der Waals surface area contributed by atoms with Crippen molar-refractivity contribution in [1.29, 1.82) is 0 Å². The number of H-pyrrole nitrogens is 1. The van der Waals surface area contributed by atoms with Crippen molar-refractivity contribution in [2.45, 2.75) is 5.16 Å². The number of rotatable bonds is 6. The zero-order valence-electron chi connectivity index (χ0n) is 14.7. The summed E-state index contributed by atoms with van der Waals surface area (Å²) in [7, 11) is 1.57. The van der Waals surface area contributed by atoms with Gasteiger partial charge in [-0.25, -0.2) is 9.61 Å². The fraction of sp³-hybridized carbons (Fsp3) is 0.111. The van der Waals surface area contributed by atoms with Gasteiger partial charge in [-0.1, -0.05) is 23.9 Å². The molecule has 0 saturated carbocycles. The van der Waals surface area contributed by atoms with Crippen molar-refractivity contribution >= 4 is 40.2 Å². The third-order valence-electron chi connectivity index (χ3n) is 3.84. The van der Waals surface area contributed by atoms with Crippen LogP contribution in [0.2, 0.25) is 0 Å². The number of aromatic amines is 1. The molecule has 10 heteroatoms. The third kappa shape index (κ3) is 3.78. The second kappa shape index (κ2) is 7.87. The van der Waals surface area contributed by atoms with Crippen LogP contribution in [0.15, 0.2) is 57.8 Å². The quantitative estimate of drug-likeness (QED) is 0.472. The van der Waals surface area contributed by atoms with Crippen LogP contribution in [0.4, 0.5) is 5.69 Å². The molecule has 0 radical (unpaired) electrons. The zero-order valence-corrected chi connectivity index (χ0v) is 16.3. The summed E-state index contributed by atoms with van der Waals surface area (Å²) in [6.07, 6.45) is 0.